The molecule has 0 unspecified atom stereocenters. The van der Waals surface area contributed by atoms with Crippen LogP contribution in [0.2, 0.25) is 0 Å². The molecular formula is C23H33NO4. The molecule has 5 heteroatoms. The quantitative estimate of drug-likeness (QED) is 0.675. The number of carbonyl (C=O) groups excluding carboxylic acids is 1. The summed E-state index contributed by atoms with van der Waals surface area (Å²) in [4.78, 5) is 14.5. The Kier molecular flexibility index (Phi) is 9.93. The lowest BCUT2D eigenvalue weighted by Crippen LogP contribution is -2.37. The molecule has 28 heavy (non-hydrogen) atoms. The smallest absolute Gasteiger partial charge is 0.226 e. The van der Waals surface area contributed by atoms with Crippen LogP contribution in [0.4, 0.5) is 0 Å². The van der Waals surface area contributed by atoms with Crippen molar-refractivity contribution in [3.63, 3.8) is 0 Å². The normalized spacial score (nSPS) is 11.0. The first-order valence-electron chi connectivity index (χ1n) is 9.58. The van der Waals surface area contributed by atoms with Crippen molar-refractivity contribution in [2.24, 2.45) is 0 Å². The van der Waals surface area contributed by atoms with E-state index >= 15 is 0 Å². The Morgan fingerprint density at radius 3 is 1.93 bits per heavy atom. The van der Waals surface area contributed by atoms with Gasteiger partial charge in [0.1, 0.15) is 0 Å². The van der Waals surface area contributed by atoms with Crippen molar-refractivity contribution in [1.29, 1.82) is 0 Å². The van der Waals surface area contributed by atoms with Gasteiger partial charge in [0.05, 0.1) is 27.8 Å². The van der Waals surface area contributed by atoms with E-state index in [1.54, 1.807) is 26.2 Å². The molecule has 2 aromatic carbocycles. The molecule has 1 atom stereocenters. The zero-order valence-corrected chi connectivity index (χ0v) is 18.1. The van der Waals surface area contributed by atoms with E-state index in [1.165, 1.54) is 5.56 Å². The maximum Gasteiger partial charge on any atom is 0.226 e. The molecule has 0 bridgehead atoms. The Balaban J connectivity index is 0.00000190. The lowest BCUT2D eigenvalue weighted by Gasteiger charge is -2.25. The average Bonchev–Trinajstić information content (AvgIpc) is 2.74. The van der Waals surface area contributed by atoms with Gasteiger partial charge < -0.3 is 19.1 Å². The van der Waals surface area contributed by atoms with Gasteiger partial charge in [-0.3, -0.25) is 4.79 Å². The summed E-state index contributed by atoms with van der Waals surface area (Å²) < 4.78 is 16.0. The number of ether oxygens (including phenoxy) is 3. The third-order valence-electron chi connectivity index (χ3n) is 4.51. The highest BCUT2D eigenvalue weighted by Gasteiger charge is 2.19. The van der Waals surface area contributed by atoms with Crippen molar-refractivity contribution < 1.29 is 19.0 Å². The van der Waals surface area contributed by atoms with Crippen molar-refractivity contribution in [1.82, 2.24) is 4.90 Å². The van der Waals surface area contributed by atoms with Gasteiger partial charge >= 0.3 is 0 Å². The SMILES string of the molecule is CC.COc1cc(CC(=O)N(C)[C@@H](C)Cc2ccccc2)cc(OC)c1OC. The van der Waals surface area contributed by atoms with Crippen LogP contribution in [0.3, 0.4) is 0 Å². The van der Waals surface area contributed by atoms with Crippen LogP contribution in [-0.4, -0.2) is 45.2 Å². The van der Waals surface area contributed by atoms with E-state index in [2.05, 4.69) is 19.1 Å². The summed E-state index contributed by atoms with van der Waals surface area (Å²) in [5.74, 6) is 1.67. The number of benzene rings is 2. The van der Waals surface area contributed by atoms with E-state index < -0.39 is 0 Å². The minimum absolute atomic E-state index is 0.0442. The molecule has 0 aromatic heterocycles. The predicted molar refractivity (Wildman–Crippen MR) is 114 cm³/mol. The zero-order chi connectivity index (χ0) is 21.1. The highest BCUT2D eigenvalue weighted by Crippen LogP contribution is 2.38. The topological polar surface area (TPSA) is 48.0 Å². The minimum Gasteiger partial charge on any atom is -0.493 e. The van der Waals surface area contributed by atoms with Crippen molar-refractivity contribution in [3.8, 4) is 17.2 Å². The van der Waals surface area contributed by atoms with Gasteiger partial charge in [0.15, 0.2) is 11.5 Å². The van der Waals surface area contributed by atoms with Crippen molar-refractivity contribution in [2.45, 2.75) is 39.7 Å². The fraction of sp³-hybridized carbons (Fsp3) is 0.435. The maximum atomic E-state index is 12.7. The summed E-state index contributed by atoms with van der Waals surface area (Å²) in [6.45, 7) is 6.06. The van der Waals surface area contributed by atoms with Gasteiger partial charge in [-0.25, -0.2) is 0 Å². The third kappa shape index (κ3) is 6.19. The first kappa shape index (κ1) is 23.3. The number of methoxy groups -OCH3 is 3. The van der Waals surface area contributed by atoms with Crippen LogP contribution in [0.15, 0.2) is 42.5 Å². The minimum atomic E-state index is 0.0442. The maximum absolute atomic E-state index is 12.7. The van der Waals surface area contributed by atoms with E-state index in [9.17, 15) is 4.79 Å². The Morgan fingerprint density at radius 2 is 1.46 bits per heavy atom. The number of hydrogen-bond acceptors (Lipinski definition) is 4. The van der Waals surface area contributed by atoms with E-state index in [0.717, 1.165) is 12.0 Å². The van der Waals surface area contributed by atoms with Gasteiger partial charge in [0.2, 0.25) is 11.7 Å². The fourth-order valence-corrected chi connectivity index (χ4v) is 2.87. The van der Waals surface area contributed by atoms with Gasteiger partial charge in [0.25, 0.3) is 0 Å². The van der Waals surface area contributed by atoms with E-state index in [-0.39, 0.29) is 18.4 Å². The summed E-state index contributed by atoms with van der Waals surface area (Å²) in [5, 5.41) is 0. The van der Waals surface area contributed by atoms with Crippen molar-refractivity contribution in [3.05, 3.63) is 53.6 Å². The number of nitrogens with zero attached hydrogens (tertiary/aromatic N) is 1. The summed E-state index contributed by atoms with van der Waals surface area (Å²) in [7, 11) is 6.53. The first-order valence-corrected chi connectivity index (χ1v) is 9.58. The second-order valence-electron chi connectivity index (χ2n) is 6.25. The molecule has 0 N–H and O–H groups in total. The molecule has 0 saturated heterocycles. The largest absolute Gasteiger partial charge is 0.493 e. The zero-order valence-electron chi connectivity index (χ0n) is 18.1. The second-order valence-corrected chi connectivity index (χ2v) is 6.25. The highest BCUT2D eigenvalue weighted by atomic mass is 16.5. The highest BCUT2D eigenvalue weighted by molar-refractivity contribution is 5.79. The molecule has 0 radical (unpaired) electrons. The molecule has 0 spiro atoms. The Labute approximate surface area is 169 Å². The van der Waals surface area contributed by atoms with Gasteiger partial charge in [-0.15, -0.1) is 0 Å². The van der Waals surface area contributed by atoms with Crippen LogP contribution in [0, 0.1) is 0 Å². The van der Waals surface area contributed by atoms with Crippen LogP contribution < -0.4 is 14.2 Å². The average molecular weight is 388 g/mol. The van der Waals surface area contributed by atoms with E-state index in [0.29, 0.717) is 17.2 Å². The molecule has 0 fully saturated rings. The molecule has 0 heterocycles. The number of likely N-dealkylation sites (N-methyl/N-ethyl adjacent to an activating group) is 1. The number of rotatable bonds is 8. The van der Waals surface area contributed by atoms with E-state index in [1.807, 2.05) is 51.2 Å². The van der Waals surface area contributed by atoms with Crippen LogP contribution in [0.5, 0.6) is 17.2 Å². The molecule has 5 nitrogen and oxygen atoms in total. The number of amides is 1. The van der Waals surface area contributed by atoms with Crippen LogP contribution >= 0.6 is 0 Å². The fourth-order valence-electron chi connectivity index (χ4n) is 2.87. The molecule has 0 aliphatic carbocycles. The lowest BCUT2D eigenvalue weighted by molar-refractivity contribution is -0.130. The van der Waals surface area contributed by atoms with Gasteiger partial charge in [-0.05, 0) is 36.6 Å². The van der Waals surface area contributed by atoms with Crippen LogP contribution in [-0.2, 0) is 17.6 Å². The Hall–Kier alpha value is -2.69. The van der Waals surface area contributed by atoms with E-state index in [4.69, 9.17) is 14.2 Å². The molecule has 154 valence electrons. The van der Waals surface area contributed by atoms with Gasteiger partial charge in [0, 0.05) is 13.1 Å². The van der Waals surface area contributed by atoms with Crippen LogP contribution in [0.1, 0.15) is 31.9 Å². The third-order valence-corrected chi connectivity index (χ3v) is 4.51. The first-order chi connectivity index (χ1) is 13.5. The number of carbonyl (C=O) groups is 1. The Bertz CT molecular complexity index is 706. The summed E-state index contributed by atoms with van der Waals surface area (Å²) >= 11 is 0. The predicted octanol–water partition coefficient (Wildman–Crippen LogP) is 4.37. The molecule has 2 aromatic rings. The summed E-state index contributed by atoms with van der Waals surface area (Å²) in [6, 6.07) is 13.9. The van der Waals surface area contributed by atoms with Crippen molar-refractivity contribution >= 4 is 5.91 Å². The Morgan fingerprint density at radius 1 is 0.929 bits per heavy atom. The molecule has 1 amide bonds. The molecular weight excluding hydrogens is 354 g/mol. The van der Waals surface area contributed by atoms with Crippen molar-refractivity contribution in [2.75, 3.05) is 28.4 Å². The summed E-state index contributed by atoms with van der Waals surface area (Å²) in [6.07, 6.45) is 1.09. The van der Waals surface area contributed by atoms with Gasteiger partial charge in [-0.1, -0.05) is 44.2 Å². The standard InChI is InChI=1S/C21H27NO4.C2H6/c1-15(11-16-9-7-6-8-10-16)22(2)20(23)14-17-12-18(24-3)21(26-5)19(13-17)25-4;1-2/h6-10,12-13,15H,11,14H2,1-5H3;1-2H3/t15-;/m0./s1. The van der Waals surface area contributed by atoms with Gasteiger partial charge in [-0.2, -0.15) is 0 Å². The molecule has 0 aliphatic rings. The summed E-state index contributed by atoms with van der Waals surface area (Å²) in [5.41, 5.74) is 2.04. The lowest BCUT2D eigenvalue weighted by atomic mass is 10.0. The molecule has 0 saturated carbocycles. The molecule has 2 rings (SSSR count). The monoisotopic (exact) mass is 387 g/mol. The second kappa shape index (κ2) is 11.9. The number of hydrogen-bond donors (Lipinski definition) is 0. The molecule has 0 aliphatic heterocycles. The van der Waals surface area contributed by atoms with Crippen LogP contribution in [0.25, 0.3) is 0 Å².